The van der Waals surface area contributed by atoms with Crippen LogP contribution in [0.4, 0.5) is 0 Å². The van der Waals surface area contributed by atoms with Crippen LogP contribution >= 0.6 is 0 Å². The lowest BCUT2D eigenvalue weighted by Crippen LogP contribution is -2.44. The summed E-state index contributed by atoms with van der Waals surface area (Å²) in [6, 6.07) is 8.08. The van der Waals surface area contributed by atoms with Crippen LogP contribution < -0.4 is 0 Å². The average molecular weight is 274 g/mol. The van der Waals surface area contributed by atoms with Crippen molar-refractivity contribution in [1.29, 1.82) is 0 Å². The standard InChI is InChI=1S/C16H22N2O2/c1-3-14-11-18(9-8-15(14)17-20)16(19)10-13-6-4-12(2)5-7-13/h4-7,14,20H,3,8-11H2,1-2H3/b17-15+. The van der Waals surface area contributed by atoms with E-state index >= 15 is 0 Å². The molecule has 0 saturated carbocycles. The van der Waals surface area contributed by atoms with Gasteiger partial charge in [-0.2, -0.15) is 0 Å². The molecule has 1 unspecified atom stereocenters. The van der Waals surface area contributed by atoms with Crippen molar-refractivity contribution in [1.82, 2.24) is 4.90 Å². The fourth-order valence-electron chi connectivity index (χ4n) is 2.63. The van der Waals surface area contributed by atoms with Crippen molar-refractivity contribution in [3.63, 3.8) is 0 Å². The Morgan fingerprint density at radius 1 is 1.40 bits per heavy atom. The Balaban J connectivity index is 1.98. The van der Waals surface area contributed by atoms with Crippen molar-refractivity contribution in [2.75, 3.05) is 13.1 Å². The van der Waals surface area contributed by atoms with Gasteiger partial charge < -0.3 is 10.1 Å². The number of likely N-dealkylation sites (tertiary alicyclic amines) is 1. The number of nitrogens with zero attached hydrogens (tertiary/aromatic N) is 2. The zero-order valence-corrected chi connectivity index (χ0v) is 12.2. The third-order valence-electron chi connectivity index (χ3n) is 4.00. The monoisotopic (exact) mass is 274 g/mol. The molecule has 1 N–H and O–H groups in total. The van der Waals surface area contributed by atoms with Gasteiger partial charge in [0, 0.05) is 25.4 Å². The summed E-state index contributed by atoms with van der Waals surface area (Å²) < 4.78 is 0. The first-order valence-corrected chi connectivity index (χ1v) is 7.18. The number of oxime groups is 1. The summed E-state index contributed by atoms with van der Waals surface area (Å²) >= 11 is 0. The SMILES string of the molecule is CCC1CN(C(=O)Cc2ccc(C)cc2)CC/C1=N\O. The molecular weight excluding hydrogens is 252 g/mol. The molecule has 1 fully saturated rings. The van der Waals surface area contributed by atoms with Crippen LogP contribution in [0.3, 0.4) is 0 Å². The van der Waals surface area contributed by atoms with E-state index in [-0.39, 0.29) is 11.8 Å². The molecule has 0 bridgehead atoms. The number of benzene rings is 1. The summed E-state index contributed by atoms with van der Waals surface area (Å²) in [4.78, 5) is 14.2. The minimum atomic E-state index is 0.157. The molecule has 1 heterocycles. The van der Waals surface area contributed by atoms with Crippen LogP contribution in [0.25, 0.3) is 0 Å². The number of carbonyl (C=O) groups excluding carboxylic acids is 1. The number of hydrogen-bond acceptors (Lipinski definition) is 3. The number of aryl methyl sites for hydroxylation is 1. The lowest BCUT2D eigenvalue weighted by atomic mass is 9.93. The maximum Gasteiger partial charge on any atom is 0.227 e. The fourth-order valence-corrected chi connectivity index (χ4v) is 2.63. The highest BCUT2D eigenvalue weighted by Gasteiger charge is 2.27. The zero-order chi connectivity index (χ0) is 14.5. The summed E-state index contributed by atoms with van der Waals surface area (Å²) in [6.07, 6.45) is 2.02. The van der Waals surface area contributed by atoms with Gasteiger partial charge in [0.2, 0.25) is 5.91 Å². The second kappa shape index (κ2) is 6.55. The van der Waals surface area contributed by atoms with Crippen LogP contribution in [0.1, 0.15) is 30.9 Å². The van der Waals surface area contributed by atoms with E-state index in [1.807, 2.05) is 36.1 Å². The first-order valence-electron chi connectivity index (χ1n) is 7.18. The van der Waals surface area contributed by atoms with Crippen molar-refractivity contribution in [3.8, 4) is 0 Å². The molecule has 1 aromatic rings. The summed E-state index contributed by atoms with van der Waals surface area (Å²) in [5.41, 5.74) is 3.08. The maximum absolute atomic E-state index is 12.3. The first kappa shape index (κ1) is 14.6. The van der Waals surface area contributed by atoms with Crippen molar-refractivity contribution >= 4 is 11.6 Å². The van der Waals surface area contributed by atoms with E-state index in [4.69, 9.17) is 5.21 Å². The Labute approximate surface area is 120 Å². The third-order valence-corrected chi connectivity index (χ3v) is 4.00. The Kier molecular flexibility index (Phi) is 4.77. The molecule has 1 atom stereocenters. The highest BCUT2D eigenvalue weighted by Crippen LogP contribution is 2.18. The molecule has 0 aromatic heterocycles. The van der Waals surface area contributed by atoms with Gasteiger partial charge in [0.15, 0.2) is 0 Å². The Bertz CT molecular complexity index is 494. The van der Waals surface area contributed by atoms with Crippen LogP contribution in [-0.4, -0.2) is 34.8 Å². The van der Waals surface area contributed by atoms with Crippen molar-refractivity contribution in [2.45, 2.75) is 33.1 Å². The minimum absolute atomic E-state index is 0.157. The summed E-state index contributed by atoms with van der Waals surface area (Å²) in [6.45, 7) is 5.42. The summed E-state index contributed by atoms with van der Waals surface area (Å²) in [7, 11) is 0. The lowest BCUT2D eigenvalue weighted by Gasteiger charge is -2.33. The lowest BCUT2D eigenvalue weighted by molar-refractivity contribution is -0.131. The number of carbonyl (C=O) groups is 1. The first-order chi connectivity index (χ1) is 9.63. The Morgan fingerprint density at radius 2 is 2.10 bits per heavy atom. The summed E-state index contributed by atoms with van der Waals surface area (Å²) in [5, 5.41) is 12.3. The van der Waals surface area contributed by atoms with Crippen LogP contribution in [0.5, 0.6) is 0 Å². The van der Waals surface area contributed by atoms with Gasteiger partial charge >= 0.3 is 0 Å². The second-order valence-corrected chi connectivity index (χ2v) is 5.45. The molecule has 1 saturated heterocycles. The number of rotatable bonds is 3. The molecule has 0 aliphatic carbocycles. The van der Waals surface area contributed by atoms with Gasteiger partial charge in [-0.1, -0.05) is 41.9 Å². The number of amides is 1. The molecule has 4 nitrogen and oxygen atoms in total. The van der Waals surface area contributed by atoms with E-state index in [0.29, 0.717) is 25.9 Å². The number of piperidine rings is 1. The van der Waals surface area contributed by atoms with Gasteiger partial charge in [0.25, 0.3) is 0 Å². The molecule has 1 aliphatic heterocycles. The molecule has 108 valence electrons. The van der Waals surface area contributed by atoms with Crippen molar-refractivity contribution in [3.05, 3.63) is 35.4 Å². The molecule has 2 rings (SSSR count). The van der Waals surface area contributed by atoms with Gasteiger partial charge in [-0.05, 0) is 18.9 Å². The van der Waals surface area contributed by atoms with E-state index in [1.165, 1.54) is 5.56 Å². The Morgan fingerprint density at radius 3 is 2.70 bits per heavy atom. The minimum Gasteiger partial charge on any atom is -0.411 e. The van der Waals surface area contributed by atoms with E-state index in [2.05, 4.69) is 12.1 Å². The van der Waals surface area contributed by atoms with Gasteiger partial charge in [-0.3, -0.25) is 4.79 Å². The normalized spacial score (nSPS) is 21.2. The van der Waals surface area contributed by atoms with E-state index < -0.39 is 0 Å². The van der Waals surface area contributed by atoms with Crippen molar-refractivity contribution in [2.24, 2.45) is 11.1 Å². The van der Waals surface area contributed by atoms with Gasteiger partial charge in [-0.15, -0.1) is 0 Å². The van der Waals surface area contributed by atoms with Gasteiger partial charge in [-0.25, -0.2) is 0 Å². The molecule has 0 spiro atoms. The van der Waals surface area contributed by atoms with Gasteiger partial charge in [0.05, 0.1) is 12.1 Å². The molecule has 1 amide bonds. The quantitative estimate of drug-likeness (QED) is 0.680. The molecule has 0 radical (unpaired) electrons. The maximum atomic E-state index is 12.3. The molecular formula is C16H22N2O2. The van der Waals surface area contributed by atoms with E-state index in [0.717, 1.165) is 17.7 Å². The van der Waals surface area contributed by atoms with Gasteiger partial charge in [0.1, 0.15) is 0 Å². The highest BCUT2D eigenvalue weighted by molar-refractivity contribution is 5.89. The topological polar surface area (TPSA) is 52.9 Å². The zero-order valence-electron chi connectivity index (χ0n) is 12.2. The smallest absolute Gasteiger partial charge is 0.227 e. The predicted molar refractivity (Wildman–Crippen MR) is 79.1 cm³/mol. The predicted octanol–water partition coefficient (Wildman–Crippen LogP) is 2.63. The Hall–Kier alpha value is -1.84. The fraction of sp³-hybridized carbons (Fsp3) is 0.500. The second-order valence-electron chi connectivity index (χ2n) is 5.45. The van der Waals surface area contributed by atoms with Crippen LogP contribution in [0.2, 0.25) is 0 Å². The number of hydrogen-bond donors (Lipinski definition) is 1. The van der Waals surface area contributed by atoms with Crippen LogP contribution in [0, 0.1) is 12.8 Å². The van der Waals surface area contributed by atoms with E-state index in [9.17, 15) is 4.79 Å². The van der Waals surface area contributed by atoms with Crippen molar-refractivity contribution < 1.29 is 10.0 Å². The molecule has 1 aromatic carbocycles. The van der Waals surface area contributed by atoms with Crippen LogP contribution in [-0.2, 0) is 11.2 Å². The summed E-state index contributed by atoms with van der Waals surface area (Å²) in [5.74, 6) is 0.347. The average Bonchev–Trinajstić information content (AvgIpc) is 2.48. The van der Waals surface area contributed by atoms with Crippen LogP contribution in [0.15, 0.2) is 29.4 Å². The third kappa shape index (κ3) is 3.38. The highest BCUT2D eigenvalue weighted by atomic mass is 16.4. The molecule has 20 heavy (non-hydrogen) atoms. The van der Waals surface area contributed by atoms with E-state index in [1.54, 1.807) is 0 Å². The molecule has 1 aliphatic rings. The largest absolute Gasteiger partial charge is 0.411 e. The molecule has 4 heteroatoms.